The van der Waals surface area contributed by atoms with Gasteiger partial charge in [-0.15, -0.1) is 8.78 Å². The summed E-state index contributed by atoms with van der Waals surface area (Å²) < 4.78 is 40.5. The van der Waals surface area contributed by atoms with Crippen molar-refractivity contribution < 1.29 is 32.6 Å². The van der Waals surface area contributed by atoms with E-state index in [1.54, 1.807) is 56.4 Å². The average molecular weight is 498 g/mol. The van der Waals surface area contributed by atoms with E-state index < -0.39 is 17.8 Å². The maximum Gasteiger partial charge on any atom is 0.586 e. The normalized spacial score (nSPS) is 13.7. The van der Waals surface area contributed by atoms with Gasteiger partial charge in [0.1, 0.15) is 11.4 Å². The van der Waals surface area contributed by atoms with Gasteiger partial charge in [0.05, 0.1) is 5.56 Å². The molecule has 0 atom stereocenters. The van der Waals surface area contributed by atoms with Crippen LogP contribution in [0.2, 0.25) is 0 Å². The summed E-state index contributed by atoms with van der Waals surface area (Å²) in [5.41, 5.74) is 0.946. The van der Waals surface area contributed by atoms with Crippen molar-refractivity contribution in [2.45, 2.75) is 32.3 Å². The third kappa shape index (κ3) is 5.69. The third-order valence-electron chi connectivity index (χ3n) is 5.44. The van der Waals surface area contributed by atoms with Crippen molar-refractivity contribution in [2.24, 2.45) is 0 Å². The van der Waals surface area contributed by atoms with E-state index in [9.17, 15) is 18.4 Å². The van der Waals surface area contributed by atoms with Crippen LogP contribution in [0.25, 0.3) is 0 Å². The second-order valence-corrected chi connectivity index (χ2v) is 8.40. The number of para-hydroxylation sites is 1. The smallest absolute Gasteiger partial charge is 0.395 e. The average Bonchev–Trinajstić information content (AvgIpc) is 3.16. The molecule has 1 aromatic heterocycles. The van der Waals surface area contributed by atoms with E-state index >= 15 is 0 Å². The van der Waals surface area contributed by atoms with E-state index in [0.717, 1.165) is 5.56 Å². The van der Waals surface area contributed by atoms with Gasteiger partial charge in [-0.1, -0.05) is 12.1 Å². The maximum absolute atomic E-state index is 13.3. The fraction of sp³-hybridized carbons (Fsp3) is 0.240. The molecule has 0 saturated carbocycles. The van der Waals surface area contributed by atoms with Crippen molar-refractivity contribution >= 4 is 29.0 Å². The zero-order chi connectivity index (χ0) is 25.9. The summed E-state index contributed by atoms with van der Waals surface area (Å²) in [5.74, 6) is -0.702. The Hall–Kier alpha value is -4.25. The highest BCUT2D eigenvalue weighted by molar-refractivity contribution is 6.08. The lowest BCUT2D eigenvalue weighted by Crippen LogP contribution is -2.39. The van der Waals surface area contributed by atoms with E-state index in [1.165, 1.54) is 25.3 Å². The lowest BCUT2D eigenvalue weighted by atomic mass is 10.1. The molecule has 0 spiro atoms. The number of methoxy groups -OCH3 is 1. The molecule has 0 saturated heterocycles. The molecule has 2 amide bonds. The summed E-state index contributed by atoms with van der Waals surface area (Å²) >= 11 is 0. The lowest BCUT2D eigenvalue weighted by Gasteiger charge is -2.21. The first-order valence-electron chi connectivity index (χ1n) is 10.9. The standard InChI is InChI=1S/C25H24F2N4O5/c1-24(2,34-3)23(33)31-21-12-15(10-11-28-21)14-29-18-7-5-4-6-17(18)22(32)30-16-8-9-19-20(13-16)36-25(26,27)35-19/h4-13,29H,14H2,1-3H3,(H,30,32)(H,28,31,33). The summed E-state index contributed by atoms with van der Waals surface area (Å²) in [5, 5.41) is 8.59. The Morgan fingerprint density at radius 3 is 2.56 bits per heavy atom. The van der Waals surface area contributed by atoms with E-state index in [0.29, 0.717) is 23.6 Å². The highest BCUT2D eigenvalue weighted by Gasteiger charge is 2.43. The molecule has 0 aliphatic carbocycles. The molecule has 11 heteroatoms. The molecule has 1 aliphatic heterocycles. The summed E-state index contributed by atoms with van der Waals surface area (Å²) in [6, 6.07) is 14.3. The SMILES string of the molecule is COC(C)(C)C(=O)Nc1cc(CNc2ccccc2C(=O)Nc2ccc3c(c2)OC(F)(F)O3)ccn1. The molecular formula is C25H24F2N4O5. The molecule has 36 heavy (non-hydrogen) atoms. The number of pyridine rings is 1. The van der Waals surface area contributed by atoms with Crippen LogP contribution in [0.3, 0.4) is 0 Å². The monoisotopic (exact) mass is 498 g/mol. The van der Waals surface area contributed by atoms with Crippen LogP contribution in [-0.2, 0) is 16.1 Å². The molecule has 9 nitrogen and oxygen atoms in total. The van der Waals surface area contributed by atoms with Crippen LogP contribution < -0.4 is 25.4 Å². The van der Waals surface area contributed by atoms with Crippen LogP contribution in [0, 0.1) is 0 Å². The second kappa shape index (κ2) is 9.78. The molecule has 3 aromatic rings. The number of carbonyl (C=O) groups is 2. The van der Waals surface area contributed by atoms with Gasteiger partial charge in [0.15, 0.2) is 11.5 Å². The van der Waals surface area contributed by atoms with Crippen molar-refractivity contribution in [2.75, 3.05) is 23.1 Å². The number of ether oxygens (including phenoxy) is 3. The number of hydrogen-bond acceptors (Lipinski definition) is 7. The number of benzene rings is 2. The van der Waals surface area contributed by atoms with Crippen LogP contribution in [-0.4, -0.2) is 35.8 Å². The minimum Gasteiger partial charge on any atom is -0.395 e. The Morgan fingerprint density at radius 1 is 1.03 bits per heavy atom. The first-order chi connectivity index (χ1) is 17.1. The third-order valence-corrected chi connectivity index (χ3v) is 5.44. The van der Waals surface area contributed by atoms with Crippen LogP contribution in [0.15, 0.2) is 60.8 Å². The fourth-order valence-corrected chi connectivity index (χ4v) is 3.27. The van der Waals surface area contributed by atoms with Crippen molar-refractivity contribution in [1.29, 1.82) is 0 Å². The van der Waals surface area contributed by atoms with Crippen molar-refractivity contribution in [3.8, 4) is 11.5 Å². The van der Waals surface area contributed by atoms with Gasteiger partial charge in [0.25, 0.3) is 11.8 Å². The first-order valence-corrected chi connectivity index (χ1v) is 10.9. The topological polar surface area (TPSA) is 111 Å². The number of carbonyl (C=O) groups excluding carboxylic acids is 2. The van der Waals surface area contributed by atoms with Gasteiger partial charge in [-0.2, -0.15) is 0 Å². The molecule has 0 fully saturated rings. The zero-order valence-electron chi connectivity index (χ0n) is 19.7. The Kier molecular flexibility index (Phi) is 6.75. The van der Waals surface area contributed by atoms with Crippen molar-refractivity contribution in [3.63, 3.8) is 0 Å². The van der Waals surface area contributed by atoms with Gasteiger partial charge in [-0.05, 0) is 55.8 Å². The molecule has 0 bridgehead atoms. The molecule has 1 aliphatic rings. The number of anilines is 3. The number of nitrogens with one attached hydrogen (secondary N) is 3. The van der Waals surface area contributed by atoms with E-state index in [4.69, 9.17) is 4.74 Å². The lowest BCUT2D eigenvalue weighted by molar-refractivity contribution is -0.286. The quantitative estimate of drug-likeness (QED) is 0.415. The molecule has 2 heterocycles. The van der Waals surface area contributed by atoms with Gasteiger partial charge >= 0.3 is 6.29 Å². The highest BCUT2D eigenvalue weighted by atomic mass is 19.3. The number of amides is 2. The molecule has 3 N–H and O–H groups in total. The largest absolute Gasteiger partial charge is 0.586 e. The summed E-state index contributed by atoms with van der Waals surface area (Å²) in [4.78, 5) is 29.4. The number of halogens is 2. The van der Waals surface area contributed by atoms with Crippen LogP contribution >= 0.6 is 0 Å². The maximum atomic E-state index is 13.3. The Bertz CT molecular complexity index is 1300. The number of alkyl halides is 2. The number of fused-ring (bicyclic) bond motifs is 1. The van der Waals surface area contributed by atoms with Gasteiger partial charge in [0, 0.05) is 37.3 Å². The number of aromatic nitrogens is 1. The van der Waals surface area contributed by atoms with Crippen LogP contribution in [0.1, 0.15) is 29.8 Å². The van der Waals surface area contributed by atoms with Gasteiger partial charge < -0.3 is 30.2 Å². The van der Waals surface area contributed by atoms with Gasteiger partial charge in [0.2, 0.25) is 0 Å². The summed E-state index contributed by atoms with van der Waals surface area (Å²) in [6.45, 7) is 3.63. The molecule has 4 rings (SSSR count). The van der Waals surface area contributed by atoms with Crippen LogP contribution in [0.4, 0.5) is 26.0 Å². The fourth-order valence-electron chi connectivity index (χ4n) is 3.27. The Labute approximate surface area is 205 Å². The van der Waals surface area contributed by atoms with Gasteiger partial charge in [-0.25, -0.2) is 4.98 Å². The molecule has 188 valence electrons. The van der Waals surface area contributed by atoms with E-state index in [2.05, 4.69) is 30.4 Å². The minimum absolute atomic E-state index is 0.112. The van der Waals surface area contributed by atoms with E-state index in [-0.39, 0.29) is 23.1 Å². The van der Waals surface area contributed by atoms with Crippen molar-refractivity contribution in [3.05, 3.63) is 71.9 Å². The Morgan fingerprint density at radius 2 is 1.78 bits per heavy atom. The number of rotatable bonds is 8. The Balaban J connectivity index is 1.43. The molecule has 2 aromatic carbocycles. The van der Waals surface area contributed by atoms with Crippen LogP contribution in [0.5, 0.6) is 11.5 Å². The molecule has 0 radical (unpaired) electrons. The van der Waals surface area contributed by atoms with Crippen molar-refractivity contribution in [1.82, 2.24) is 4.98 Å². The summed E-state index contributed by atoms with van der Waals surface area (Å²) in [7, 11) is 1.45. The second-order valence-electron chi connectivity index (χ2n) is 8.40. The minimum atomic E-state index is -3.74. The molecule has 0 unspecified atom stereocenters. The predicted octanol–water partition coefficient (Wildman–Crippen LogP) is 4.63. The van der Waals surface area contributed by atoms with E-state index in [1.807, 2.05) is 0 Å². The predicted molar refractivity (Wildman–Crippen MR) is 128 cm³/mol. The number of nitrogens with zero attached hydrogens (tertiary/aromatic N) is 1. The zero-order valence-corrected chi connectivity index (χ0v) is 19.7. The molecular weight excluding hydrogens is 474 g/mol. The summed E-state index contributed by atoms with van der Waals surface area (Å²) in [6.07, 6.45) is -2.18. The van der Waals surface area contributed by atoms with Gasteiger partial charge in [-0.3, -0.25) is 9.59 Å². The highest BCUT2D eigenvalue weighted by Crippen LogP contribution is 2.42. The number of hydrogen-bond donors (Lipinski definition) is 3. The first kappa shape index (κ1) is 24.9.